The summed E-state index contributed by atoms with van der Waals surface area (Å²) in [6.07, 6.45) is 3.19. The molecule has 0 aliphatic carbocycles. The number of hydrogen-bond acceptors (Lipinski definition) is 4. The van der Waals surface area contributed by atoms with Gasteiger partial charge in [-0.3, -0.25) is 4.98 Å². The van der Waals surface area contributed by atoms with Crippen molar-refractivity contribution in [2.24, 2.45) is 5.16 Å². The fraction of sp³-hybridized carbons (Fsp3) is 0.333. The van der Waals surface area contributed by atoms with Crippen molar-refractivity contribution in [3.05, 3.63) is 28.5 Å². The number of methoxy groups -OCH3 is 1. The van der Waals surface area contributed by atoms with E-state index in [0.29, 0.717) is 5.02 Å². The molecule has 0 fully saturated rings. The fourth-order valence-electron chi connectivity index (χ4n) is 0.773. The molecular formula is C9H11ClN2O2. The van der Waals surface area contributed by atoms with Gasteiger partial charge in [-0.05, 0) is 13.0 Å². The standard InChI is InChI=1S/C9H11ClN2O2/c1-7-9(10)3-8(4-11-7)5-12-14-6-13-2/h3-5H,6H2,1-2H3. The van der Waals surface area contributed by atoms with Crippen LogP contribution in [-0.2, 0) is 9.57 Å². The molecule has 0 aromatic carbocycles. The number of nitrogens with zero attached hydrogens (tertiary/aromatic N) is 2. The van der Waals surface area contributed by atoms with Gasteiger partial charge in [0.2, 0.25) is 6.79 Å². The Labute approximate surface area is 87.5 Å². The molecule has 1 rings (SSSR count). The molecule has 0 atom stereocenters. The molecule has 0 spiro atoms. The van der Waals surface area contributed by atoms with E-state index >= 15 is 0 Å². The summed E-state index contributed by atoms with van der Waals surface area (Å²) < 4.78 is 4.64. The third kappa shape index (κ3) is 3.32. The summed E-state index contributed by atoms with van der Waals surface area (Å²) >= 11 is 5.86. The van der Waals surface area contributed by atoms with Crippen molar-refractivity contribution in [2.45, 2.75) is 6.92 Å². The molecule has 5 heteroatoms. The highest BCUT2D eigenvalue weighted by Crippen LogP contribution is 2.12. The fourth-order valence-corrected chi connectivity index (χ4v) is 0.948. The molecule has 4 nitrogen and oxygen atoms in total. The lowest BCUT2D eigenvalue weighted by molar-refractivity contribution is -0.0275. The number of halogens is 1. The Balaban J connectivity index is 2.59. The zero-order valence-electron chi connectivity index (χ0n) is 8.03. The maximum atomic E-state index is 5.86. The van der Waals surface area contributed by atoms with E-state index in [9.17, 15) is 0 Å². The normalized spacial score (nSPS) is 10.8. The maximum absolute atomic E-state index is 5.86. The molecule has 76 valence electrons. The topological polar surface area (TPSA) is 43.7 Å². The summed E-state index contributed by atoms with van der Waals surface area (Å²) in [5.41, 5.74) is 1.58. The summed E-state index contributed by atoms with van der Waals surface area (Å²) in [6.45, 7) is 1.97. The van der Waals surface area contributed by atoms with Crippen LogP contribution in [0, 0.1) is 6.92 Å². The molecule has 0 bridgehead atoms. The smallest absolute Gasteiger partial charge is 0.216 e. The number of ether oxygens (including phenoxy) is 1. The average Bonchev–Trinajstić information content (AvgIpc) is 2.18. The average molecular weight is 215 g/mol. The predicted octanol–water partition coefficient (Wildman–Crippen LogP) is 2.00. The zero-order valence-corrected chi connectivity index (χ0v) is 8.78. The van der Waals surface area contributed by atoms with Crippen LogP contribution in [0.4, 0.5) is 0 Å². The van der Waals surface area contributed by atoms with Gasteiger partial charge in [-0.1, -0.05) is 16.8 Å². The van der Waals surface area contributed by atoms with E-state index in [1.807, 2.05) is 6.92 Å². The molecule has 0 saturated heterocycles. The molecule has 1 aromatic rings. The van der Waals surface area contributed by atoms with Crippen LogP contribution in [0.1, 0.15) is 11.3 Å². The second-order valence-electron chi connectivity index (χ2n) is 2.61. The first-order chi connectivity index (χ1) is 6.74. The van der Waals surface area contributed by atoms with Crippen molar-refractivity contribution < 1.29 is 9.57 Å². The quantitative estimate of drug-likeness (QED) is 0.333. The van der Waals surface area contributed by atoms with Gasteiger partial charge >= 0.3 is 0 Å². The van der Waals surface area contributed by atoms with Gasteiger partial charge in [-0.25, -0.2) is 0 Å². The van der Waals surface area contributed by atoms with Crippen molar-refractivity contribution >= 4 is 17.8 Å². The first kappa shape index (κ1) is 10.9. The minimum Gasteiger partial charge on any atom is -0.367 e. The number of aromatic nitrogens is 1. The lowest BCUT2D eigenvalue weighted by Gasteiger charge is -1.98. The van der Waals surface area contributed by atoms with Crippen LogP contribution in [0.15, 0.2) is 17.4 Å². The van der Waals surface area contributed by atoms with E-state index in [1.165, 1.54) is 13.3 Å². The van der Waals surface area contributed by atoms with E-state index in [2.05, 4.69) is 14.9 Å². The summed E-state index contributed by atoms with van der Waals surface area (Å²) in [5.74, 6) is 0. The van der Waals surface area contributed by atoms with Crippen LogP contribution >= 0.6 is 11.6 Å². The van der Waals surface area contributed by atoms with E-state index in [1.54, 1.807) is 12.3 Å². The van der Waals surface area contributed by atoms with Gasteiger partial charge in [0, 0.05) is 18.9 Å². The minimum absolute atomic E-state index is 0.128. The van der Waals surface area contributed by atoms with E-state index in [0.717, 1.165) is 11.3 Å². The Hall–Kier alpha value is -1.13. The van der Waals surface area contributed by atoms with Gasteiger partial charge < -0.3 is 9.57 Å². The Morgan fingerprint density at radius 2 is 2.43 bits per heavy atom. The van der Waals surface area contributed by atoms with Crippen molar-refractivity contribution in [2.75, 3.05) is 13.9 Å². The third-order valence-corrected chi connectivity index (χ3v) is 1.88. The maximum Gasteiger partial charge on any atom is 0.216 e. The summed E-state index contributed by atoms with van der Waals surface area (Å²) in [4.78, 5) is 8.80. The van der Waals surface area contributed by atoms with E-state index in [-0.39, 0.29) is 6.79 Å². The van der Waals surface area contributed by atoms with Gasteiger partial charge in [0.15, 0.2) is 0 Å². The molecule has 0 aliphatic heterocycles. The second-order valence-corrected chi connectivity index (χ2v) is 3.01. The molecule has 0 radical (unpaired) electrons. The summed E-state index contributed by atoms with van der Waals surface area (Å²) in [5, 5.41) is 4.27. The summed E-state index contributed by atoms with van der Waals surface area (Å²) in [7, 11) is 1.53. The number of hydrogen-bond donors (Lipinski definition) is 0. The highest BCUT2D eigenvalue weighted by molar-refractivity contribution is 6.31. The highest BCUT2D eigenvalue weighted by atomic mass is 35.5. The molecule has 0 N–H and O–H groups in total. The molecule has 0 aliphatic rings. The Morgan fingerprint density at radius 3 is 3.07 bits per heavy atom. The number of aryl methyl sites for hydroxylation is 1. The second kappa shape index (κ2) is 5.57. The van der Waals surface area contributed by atoms with Gasteiger partial charge in [0.25, 0.3) is 0 Å². The largest absolute Gasteiger partial charge is 0.367 e. The molecule has 0 amide bonds. The van der Waals surface area contributed by atoms with Crippen molar-refractivity contribution in [3.63, 3.8) is 0 Å². The van der Waals surface area contributed by atoms with Crippen LogP contribution in [0.25, 0.3) is 0 Å². The SMILES string of the molecule is COCON=Cc1cnc(C)c(Cl)c1. The van der Waals surface area contributed by atoms with E-state index in [4.69, 9.17) is 16.4 Å². The lowest BCUT2D eigenvalue weighted by Crippen LogP contribution is -1.92. The Bertz CT molecular complexity index is 329. The van der Waals surface area contributed by atoms with Crippen molar-refractivity contribution in [3.8, 4) is 0 Å². The predicted molar refractivity (Wildman–Crippen MR) is 54.5 cm³/mol. The minimum atomic E-state index is 0.128. The first-order valence-electron chi connectivity index (χ1n) is 4.00. The monoisotopic (exact) mass is 214 g/mol. The zero-order chi connectivity index (χ0) is 10.4. The van der Waals surface area contributed by atoms with Crippen molar-refractivity contribution in [1.82, 2.24) is 4.98 Å². The molecule has 1 heterocycles. The molecule has 14 heavy (non-hydrogen) atoms. The number of pyridine rings is 1. The highest BCUT2D eigenvalue weighted by Gasteiger charge is 1.96. The van der Waals surface area contributed by atoms with Gasteiger partial charge in [-0.15, -0.1) is 0 Å². The summed E-state index contributed by atoms with van der Waals surface area (Å²) in [6, 6.07) is 1.77. The van der Waals surface area contributed by atoms with Crippen LogP contribution in [-0.4, -0.2) is 25.1 Å². The van der Waals surface area contributed by atoms with Gasteiger partial charge in [0.1, 0.15) is 0 Å². The molecule has 1 aromatic heterocycles. The number of oxime groups is 1. The van der Waals surface area contributed by atoms with Crippen LogP contribution < -0.4 is 0 Å². The Kier molecular flexibility index (Phi) is 4.35. The molecule has 0 saturated carbocycles. The van der Waals surface area contributed by atoms with Crippen molar-refractivity contribution in [1.29, 1.82) is 0 Å². The van der Waals surface area contributed by atoms with Crippen LogP contribution in [0.5, 0.6) is 0 Å². The Morgan fingerprint density at radius 1 is 1.64 bits per heavy atom. The van der Waals surface area contributed by atoms with Gasteiger partial charge in [-0.2, -0.15) is 0 Å². The van der Waals surface area contributed by atoms with Gasteiger partial charge in [0.05, 0.1) is 16.9 Å². The molecule has 0 unspecified atom stereocenters. The van der Waals surface area contributed by atoms with Crippen LogP contribution in [0.2, 0.25) is 5.02 Å². The molecular weight excluding hydrogens is 204 g/mol. The lowest BCUT2D eigenvalue weighted by atomic mass is 10.3. The van der Waals surface area contributed by atoms with Crippen LogP contribution in [0.3, 0.4) is 0 Å². The number of rotatable bonds is 4. The van der Waals surface area contributed by atoms with E-state index < -0.39 is 0 Å². The first-order valence-corrected chi connectivity index (χ1v) is 4.38. The third-order valence-electron chi connectivity index (χ3n) is 1.49.